The van der Waals surface area contributed by atoms with E-state index in [1.807, 2.05) is 30.0 Å². The van der Waals surface area contributed by atoms with Crippen molar-refractivity contribution in [2.24, 2.45) is 5.92 Å². The van der Waals surface area contributed by atoms with Gasteiger partial charge in [-0.15, -0.1) is 12.4 Å². The van der Waals surface area contributed by atoms with Crippen molar-refractivity contribution in [3.8, 4) is 0 Å². The van der Waals surface area contributed by atoms with Crippen LogP contribution in [0.25, 0.3) is 0 Å². The number of rotatable bonds is 3. The number of carbonyl (C=O) groups excluding carboxylic acids is 1. The van der Waals surface area contributed by atoms with Crippen molar-refractivity contribution < 1.29 is 4.79 Å². The van der Waals surface area contributed by atoms with Crippen LogP contribution >= 0.6 is 44.3 Å². The molecule has 0 radical (unpaired) electrons. The highest BCUT2D eigenvalue weighted by Crippen LogP contribution is 2.29. The maximum atomic E-state index is 12.6. The highest BCUT2D eigenvalue weighted by Gasteiger charge is 2.26. The summed E-state index contributed by atoms with van der Waals surface area (Å²) in [5, 5.41) is 3.30. The molecule has 2 rings (SSSR count). The van der Waals surface area contributed by atoms with Crippen molar-refractivity contribution in [2.75, 3.05) is 24.5 Å². The molecule has 0 atom stereocenters. The zero-order chi connectivity index (χ0) is 13.8. The lowest BCUT2D eigenvalue weighted by molar-refractivity contribution is -0.123. The fourth-order valence-corrected chi connectivity index (χ4v) is 3.02. The Labute approximate surface area is 143 Å². The molecule has 1 fully saturated rings. The largest absolute Gasteiger partial charge is 0.317 e. The van der Waals surface area contributed by atoms with Crippen LogP contribution in [0, 0.1) is 5.92 Å². The first kappa shape index (κ1) is 18.0. The molecule has 1 aromatic carbocycles. The molecule has 20 heavy (non-hydrogen) atoms. The van der Waals surface area contributed by atoms with Gasteiger partial charge in [-0.05, 0) is 82.9 Å². The molecule has 1 amide bonds. The highest BCUT2D eigenvalue weighted by molar-refractivity contribution is 9.13. The van der Waals surface area contributed by atoms with Gasteiger partial charge in [-0.1, -0.05) is 0 Å². The van der Waals surface area contributed by atoms with E-state index in [1.165, 1.54) is 0 Å². The van der Waals surface area contributed by atoms with Gasteiger partial charge in [0.25, 0.3) is 0 Å². The number of carbonyl (C=O) groups is 1. The van der Waals surface area contributed by atoms with Gasteiger partial charge in [0.15, 0.2) is 0 Å². The Bertz CT molecular complexity index is 464. The summed E-state index contributed by atoms with van der Waals surface area (Å²) in [6, 6.07) is 5.95. The van der Waals surface area contributed by atoms with Gasteiger partial charge in [0.05, 0.1) is 0 Å². The van der Waals surface area contributed by atoms with Crippen LogP contribution < -0.4 is 10.2 Å². The van der Waals surface area contributed by atoms with Crippen molar-refractivity contribution in [1.29, 1.82) is 0 Å². The number of benzene rings is 1. The molecule has 0 bridgehead atoms. The number of nitrogens with one attached hydrogen (secondary N) is 1. The summed E-state index contributed by atoms with van der Waals surface area (Å²) in [6.07, 6.45) is 1.88. The van der Waals surface area contributed by atoms with Crippen molar-refractivity contribution in [3.05, 3.63) is 27.1 Å². The van der Waals surface area contributed by atoms with Crippen LogP contribution in [0.1, 0.15) is 19.8 Å². The zero-order valence-corrected chi connectivity index (χ0v) is 15.4. The summed E-state index contributed by atoms with van der Waals surface area (Å²) >= 11 is 6.95. The van der Waals surface area contributed by atoms with E-state index in [2.05, 4.69) is 37.2 Å². The third kappa shape index (κ3) is 4.20. The van der Waals surface area contributed by atoms with Crippen LogP contribution in [-0.2, 0) is 4.79 Å². The first-order chi connectivity index (χ1) is 9.13. The van der Waals surface area contributed by atoms with E-state index in [1.54, 1.807) is 0 Å². The fourth-order valence-electron chi connectivity index (χ4n) is 2.41. The average molecular weight is 427 g/mol. The first-order valence-corrected chi connectivity index (χ1v) is 8.19. The van der Waals surface area contributed by atoms with Crippen molar-refractivity contribution in [2.45, 2.75) is 19.8 Å². The summed E-state index contributed by atoms with van der Waals surface area (Å²) in [5.74, 6) is 0.404. The van der Waals surface area contributed by atoms with E-state index < -0.39 is 0 Å². The number of piperidine rings is 1. The van der Waals surface area contributed by atoms with Crippen LogP contribution in [0.4, 0.5) is 5.69 Å². The lowest BCUT2D eigenvalue weighted by Crippen LogP contribution is -2.41. The number of nitrogens with zero attached hydrogens (tertiary/aromatic N) is 1. The summed E-state index contributed by atoms with van der Waals surface area (Å²) in [7, 11) is 0. The van der Waals surface area contributed by atoms with E-state index in [0.717, 1.165) is 40.6 Å². The van der Waals surface area contributed by atoms with E-state index >= 15 is 0 Å². The molecule has 0 spiro atoms. The molecule has 112 valence electrons. The summed E-state index contributed by atoms with van der Waals surface area (Å²) in [4.78, 5) is 14.5. The molecule has 0 unspecified atom stereocenters. The van der Waals surface area contributed by atoms with E-state index in [4.69, 9.17) is 0 Å². The van der Waals surface area contributed by atoms with Crippen LogP contribution in [0.15, 0.2) is 27.1 Å². The van der Waals surface area contributed by atoms with E-state index in [9.17, 15) is 4.79 Å². The summed E-state index contributed by atoms with van der Waals surface area (Å²) in [6.45, 7) is 4.61. The monoisotopic (exact) mass is 424 g/mol. The first-order valence-electron chi connectivity index (χ1n) is 6.60. The smallest absolute Gasteiger partial charge is 0.230 e. The summed E-state index contributed by atoms with van der Waals surface area (Å²) < 4.78 is 1.98. The summed E-state index contributed by atoms with van der Waals surface area (Å²) in [5.41, 5.74) is 0.959. The molecule has 1 aromatic rings. The number of hydrogen-bond acceptors (Lipinski definition) is 2. The zero-order valence-electron chi connectivity index (χ0n) is 11.4. The SMILES string of the molecule is CCN(C(=O)C1CCNCC1)c1ccc(Br)c(Br)c1.Cl. The third-order valence-electron chi connectivity index (χ3n) is 3.49. The Balaban J connectivity index is 0.00000200. The molecule has 0 aromatic heterocycles. The predicted octanol–water partition coefficient (Wildman–Crippen LogP) is 3.99. The molecule has 1 saturated heterocycles. The van der Waals surface area contributed by atoms with Gasteiger partial charge in [-0.3, -0.25) is 4.79 Å². The lowest BCUT2D eigenvalue weighted by atomic mass is 9.96. The third-order valence-corrected chi connectivity index (χ3v) is 5.37. The van der Waals surface area contributed by atoms with Gasteiger partial charge >= 0.3 is 0 Å². The Hall–Kier alpha value is -0.100. The number of hydrogen-bond donors (Lipinski definition) is 1. The fraction of sp³-hybridized carbons (Fsp3) is 0.500. The van der Waals surface area contributed by atoms with Gasteiger partial charge < -0.3 is 10.2 Å². The second-order valence-corrected chi connectivity index (χ2v) is 6.41. The Morgan fingerprint density at radius 2 is 1.95 bits per heavy atom. The van der Waals surface area contributed by atoms with Crippen molar-refractivity contribution in [3.63, 3.8) is 0 Å². The standard InChI is InChI=1S/C14H18Br2N2O.ClH/c1-2-18(11-3-4-12(15)13(16)9-11)14(19)10-5-7-17-8-6-10;/h3-4,9-10,17H,2,5-8H2,1H3;1H. The minimum atomic E-state index is 0. The quantitative estimate of drug-likeness (QED) is 0.793. The van der Waals surface area contributed by atoms with E-state index in [0.29, 0.717) is 6.54 Å². The average Bonchev–Trinajstić information content (AvgIpc) is 2.44. The maximum absolute atomic E-state index is 12.6. The molecule has 6 heteroatoms. The van der Waals surface area contributed by atoms with E-state index in [-0.39, 0.29) is 24.2 Å². The molecule has 0 aliphatic carbocycles. The predicted molar refractivity (Wildman–Crippen MR) is 92.7 cm³/mol. The minimum absolute atomic E-state index is 0. The van der Waals surface area contributed by atoms with Gasteiger partial charge in [0.2, 0.25) is 5.91 Å². The Morgan fingerprint density at radius 1 is 1.30 bits per heavy atom. The number of halogens is 3. The van der Waals surface area contributed by atoms with Gasteiger partial charge in [-0.25, -0.2) is 0 Å². The molecule has 3 nitrogen and oxygen atoms in total. The lowest BCUT2D eigenvalue weighted by Gasteiger charge is -2.29. The normalized spacial score (nSPS) is 15.6. The molecular weight excluding hydrogens is 407 g/mol. The number of anilines is 1. The Morgan fingerprint density at radius 3 is 2.50 bits per heavy atom. The number of amides is 1. The maximum Gasteiger partial charge on any atom is 0.230 e. The van der Waals surface area contributed by atoms with Crippen molar-refractivity contribution >= 4 is 55.9 Å². The highest BCUT2D eigenvalue weighted by atomic mass is 79.9. The molecule has 1 N–H and O–H groups in total. The topological polar surface area (TPSA) is 32.3 Å². The van der Waals surface area contributed by atoms with Gasteiger partial charge in [0, 0.05) is 27.1 Å². The minimum Gasteiger partial charge on any atom is -0.317 e. The van der Waals surface area contributed by atoms with Crippen LogP contribution in [-0.4, -0.2) is 25.5 Å². The molecule has 1 aliphatic heterocycles. The molecule has 0 saturated carbocycles. The van der Waals surface area contributed by atoms with Crippen LogP contribution in [0.5, 0.6) is 0 Å². The molecular formula is C14H19Br2ClN2O. The van der Waals surface area contributed by atoms with Crippen LogP contribution in [0.2, 0.25) is 0 Å². The molecule has 1 heterocycles. The van der Waals surface area contributed by atoms with Gasteiger partial charge in [0.1, 0.15) is 0 Å². The van der Waals surface area contributed by atoms with Crippen LogP contribution in [0.3, 0.4) is 0 Å². The second-order valence-electron chi connectivity index (χ2n) is 4.71. The molecule has 1 aliphatic rings. The van der Waals surface area contributed by atoms with Crippen molar-refractivity contribution in [1.82, 2.24) is 5.32 Å². The van der Waals surface area contributed by atoms with Gasteiger partial charge in [-0.2, -0.15) is 0 Å². The Kier molecular flexibility index (Phi) is 7.51. The second kappa shape index (κ2) is 8.37.